The van der Waals surface area contributed by atoms with Crippen LogP contribution in [0.4, 0.5) is 5.69 Å². The van der Waals surface area contributed by atoms with Crippen LogP contribution in [0, 0.1) is 23.7 Å². The standard InChI is InChI=1S/C16H21BrN2O/c1-4-8-16(11-18,9-5-2)15(20)19-13-6-7-14(17)12(3)10-13/h6-7,10H,4-5,8-9H2,1-3H3,(H,19,20). The monoisotopic (exact) mass is 336 g/mol. The highest BCUT2D eigenvalue weighted by Gasteiger charge is 2.36. The van der Waals surface area contributed by atoms with E-state index in [1.165, 1.54) is 0 Å². The molecule has 20 heavy (non-hydrogen) atoms. The first kappa shape index (κ1) is 16.7. The van der Waals surface area contributed by atoms with Gasteiger partial charge in [-0.1, -0.05) is 42.6 Å². The number of carbonyl (C=O) groups excluding carboxylic acids is 1. The lowest BCUT2D eigenvalue weighted by atomic mass is 9.79. The molecule has 0 radical (unpaired) electrons. The quantitative estimate of drug-likeness (QED) is 0.810. The molecular weight excluding hydrogens is 316 g/mol. The van der Waals surface area contributed by atoms with Gasteiger partial charge < -0.3 is 5.32 Å². The summed E-state index contributed by atoms with van der Waals surface area (Å²) in [6.45, 7) is 5.97. The fourth-order valence-corrected chi connectivity index (χ4v) is 2.59. The molecule has 1 aromatic carbocycles. The van der Waals surface area contributed by atoms with Gasteiger partial charge in [0.25, 0.3) is 0 Å². The molecule has 0 saturated carbocycles. The zero-order valence-corrected chi connectivity index (χ0v) is 13.9. The molecule has 0 aliphatic rings. The van der Waals surface area contributed by atoms with Crippen molar-refractivity contribution in [2.24, 2.45) is 5.41 Å². The molecule has 0 aliphatic carbocycles. The average Bonchev–Trinajstić information content (AvgIpc) is 2.42. The molecule has 1 N–H and O–H groups in total. The van der Waals surface area contributed by atoms with Crippen molar-refractivity contribution in [2.75, 3.05) is 5.32 Å². The third-order valence-corrected chi connectivity index (χ3v) is 4.31. The van der Waals surface area contributed by atoms with Crippen molar-refractivity contribution in [1.82, 2.24) is 0 Å². The summed E-state index contributed by atoms with van der Waals surface area (Å²) in [5.74, 6) is -0.189. The Labute approximate surface area is 129 Å². The summed E-state index contributed by atoms with van der Waals surface area (Å²) in [4.78, 5) is 12.5. The maximum absolute atomic E-state index is 12.5. The minimum atomic E-state index is -0.912. The Morgan fingerprint density at radius 2 is 1.95 bits per heavy atom. The van der Waals surface area contributed by atoms with Gasteiger partial charge in [-0.3, -0.25) is 4.79 Å². The normalized spacial score (nSPS) is 10.9. The SMILES string of the molecule is CCCC(C#N)(CCC)C(=O)Nc1ccc(Br)c(C)c1. The van der Waals surface area contributed by atoms with Gasteiger partial charge in [0.1, 0.15) is 5.41 Å². The molecule has 0 fully saturated rings. The fraction of sp³-hybridized carbons (Fsp3) is 0.500. The Morgan fingerprint density at radius 1 is 1.35 bits per heavy atom. The van der Waals surface area contributed by atoms with Crippen LogP contribution in [0.15, 0.2) is 22.7 Å². The maximum Gasteiger partial charge on any atom is 0.244 e. The Balaban J connectivity index is 2.96. The minimum Gasteiger partial charge on any atom is -0.325 e. The van der Waals surface area contributed by atoms with Crippen molar-refractivity contribution in [3.8, 4) is 6.07 Å². The highest BCUT2D eigenvalue weighted by atomic mass is 79.9. The molecule has 108 valence electrons. The van der Waals surface area contributed by atoms with Crippen LogP contribution in [0.3, 0.4) is 0 Å². The molecule has 0 unspecified atom stereocenters. The van der Waals surface area contributed by atoms with Gasteiger partial charge in [0.05, 0.1) is 6.07 Å². The van der Waals surface area contributed by atoms with Crippen molar-refractivity contribution in [1.29, 1.82) is 5.26 Å². The van der Waals surface area contributed by atoms with Crippen molar-refractivity contribution >= 4 is 27.5 Å². The number of nitriles is 1. The van der Waals surface area contributed by atoms with E-state index in [0.29, 0.717) is 12.8 Å². The number of hydrogen-bond acceptors (Lipinski definition) is 2. The Kier molecular flexibility index (Phi) is 6.22. The van der Waals surface area contributed by atoms with Crippen LogP contribution in [0.5, 0.6) is 0 Å². The molecule has 1 rings (SSSR count). The van der Waals surface area contributed by atoms with Gasteiger partial charge in [-0.05, 0) is 43.5 Å². The number of nitrogens with zero attached hydrogens (tertiary/aromatic N) is 1. The van der Waals surface area contributed by atoms with Crippen LogP contribution in [0.1, 0.15) is 45.1 Å². The Bertz CT molecular complexity index is 514. The van der Waals surface area contributed by atoms with Crippen LogP contribution in [0.2, 0.25) is 0 Å². The zero-order valence-electron chi connectivity index (χ0n) is 12.3. The number of hydrogen-bond donors (Lipinski definition) is 1. The van der Waals surface area contributed by atoms with E-state index in [2.05, 4.69) is 27.3 Å². The van der Waals surface area contributed by atoms with Gasteiger partial charge in [-0.15, -0.1) is 0 Å². The fourth-order valence-electron chi connectivity index (χ4n) is 2.34. The van der Waals surface area contributed by atoms with E-state index < -0.39 is 5.41 Å². The first-order valence-corrected chi connectivity index (χ1v) is 7.77. The summed E-state index contributed by atoms with van der Waals surface area (Å²) in [5.41, 5.74) is 0.878. The van der Waals surface area contributed by atoms with Crippen LogP contribution in [-0.2, 0) is 4.79 Å². The number of benzene rings is 1. The second kappa shape index (κ2) is 7.44. The van der Waals surface area contributed by atoms with Gasteiger partial charge >= 0.3 is 0 Å². The number of amides is 1. The molecule has 0 bridgehead atoms. The summed E-state index contributed by atoms with van der Waals surface area (Å²) >= 11 is 3.43. The van der Waals surface area contributed by atoms with Gasteiger partial charge in [0.15, 0.2) is 0 Å². The molecule has 1 amide bonds. The molecule has 0 atom stereocenters. The number of anilines is 1. The lowest BCUT2D eigenvalue weighted by Gasteiger charge is -2.24. The first-order chi connectivity index (χ1) is 9.49. The third kappa shape index (κ3) is 3.83. The van der Waals surface area contributed by atoms with E-state index in [-0.39, 0.29) is 5.91 Å². The van der Waals surface area contributed by atoms with E-state index in [1.54, 1.807) is 0 Å². The number of halogens is 1. The predicted molar refractivity (Wildman–Crippen MR) is 85.4 cm³/mol. The maximum atomic E-state index is 12.5. The highest BCUT2D eigenvalue weighted by molar-refractivity contribution is 9.10. The molecule has 3 nitrogen and oxygen atoms in total. The number of nitrogens with one attached hydrogen (secondary N) is 1. The van der Waals surface area contributed by atoms with Crippen molar-refractivity contribution in [2.45, 2.75) is 46.5 Å². The van der Waals surface area contributed by atoms with E-state index in [0.717, 1.165) is 28.6 Å². The van der Waals surface area contributed by atoms with Gasteiger partial charge in [-0.2, -0.15) is 5.26 Å². The van der Waals surface area contributed by atoms with Crippen LogP contribution in [-0.4, -0.2) is 5.91 Å². The molecule has 1 aromatic rings. The molecule has 0 spiro atoms. The van der Waals surface area contributed by atoms with Crippen molar-refractivity contribution in [3.05, 3.63) is 28.2 Å². The highest BCUT2D eigenvalue weighted by Crippen LogP contribution is 2.31. The third-order valence-electron chi connectivity index (χ3n) is 3.42. The molecule has 0 aliphatic heterocycles. The van der Waals surface area contributed by atoms with Crippen LogP contribution in [0.25, 0.3) is 0 Å². The number of aryl methyl sites for hydroxylation is 1. The molecular formula is C16H21BrN2O. The largest absolute Gasteiger partial charge is 0.325 e. The van der Waals surface area contributed by atoms with Crippen LogP contribution < -0.4 is 5.32 Å². The smallest absolute Gasteiger partial charge is 0.244 e. The van der Waals surface area contributed by atoms with Crippen molar-refractivity contribution in [3.63, 3.8) is 0 Å². The first-order valence-electron chi connectivity index (χ1n) is 6.98. The van der Waals surface area contributed by atoms with E-state index >= 15 is 0 Å². The summed E-state index contributed by atoms with van der Waals surface area (Å²) in [7, 11) is 0. The van der Waals surface area contributed by atoms with Crippen LogP contribution >= 0.6 is 15.9 Å². The van der Waals surface area contributed by atoms with Gasteiger partial charge in [-0.25, -0.2) is 0 Å². The van der Waals surface area contributed by atoms with Crippen molar-refractivity contribution < 1.29 is 4.79 Å². The zero-order chi connectivity index (χ0) is 15.2. The Hall–Kier alpha value is -1.34. The number of rotatable bonds is 6. The lowest BCUT2D eigenvalue weighted by Crippen LogP contribution is -2.35. The average molecular weight is 337 g/mol. The second-order valence-electron chi connectivity index (χ2n) is 5.11. The molecule has 0 aromatic heterocycles. The summed E-state index contributed by atoms with van der Waals surface area (Å²) in [6, 6.07) is 7.89. The number of carbonyl (C=O) groups is 1. The van der Waals surface area contributed by atoms with E-state index in [1.807, 2.05) is 39.0 Å². The molecule has 0 heterocycles. The lowest BCUT2D eigenvalue weighted by molar-refractivity contribution is -0.123. The van der Waals surface area contributed by atoms with Gasteiger partial charge in [0.2, 0.25) is 5.91 Å². The molecule has 4 heteroatoms. The Morgan fingerprint density at radius 3 is 2.40 bits per heavy atom. The predicted octanol–water partition coefficient (Wildman–Crippen LogP) is 4.81. The second-order valence-corrected chi connectivity index (χ2v) is 5.97. The molecule has 0 saturated heterocycles. The van der Waals surface area contributed by atoms with Gasteiger partial charge in [0, 0.05) is 10.2 Å². The summed E-state index contributed by atoms with van der Waals surface area (Å²) in [5, 5.41) is 12.4. The minimum absolute atomic E-state index is 0.189. The topological polar surface area (TPSA) is 52.9 Å². The van der Waals surface area contributed by atoms with E-state index in [4.69, 9.17) is 0 Å². The van der Waals surface area contributed by atoms with E-state index in [9.17, 15) is 10.1 Å². The summed E-state index contributed by atoms with van der Waals surface area (Å²) < 4.78 is 1.00. The summed E-state index contributed by atoms with van der Waals surface area (Å²) in [6.07, 6.45) is 2.83.